The van der Waals surface area contributed by atoms with E-state index in [-0.39, 0.29) is 10.9 Å². The molecule has 146 valence electrons. The van der Waals surface area contributed by atoms with Gasteiger partial charge in [-0.05, 0) is 67.6 Å². The van der Waals surface area contributed by atoms with Gasteiger partial charge < -0.3 is 10.1 Å². The Balaban J connectivity index is 1.57. The zero-order chi connectivity index (χ0) is 20.4. The summed E-state index contributed by atoms with van der Waals surface area (Å²) in [4.78, 5) is 14.0. The molecule has 1 N–H and O–H groups in total. The van der Waals surface area contributed by atoms with E-state index < -0.39 is 0 Å². The van der Waals surface area contributed by atoms with Crippen molar-refractivity contribution in [1.82, 2.24) is 15.0 Å². The Morgan fingerprint density at radius 3 is 2.48 bits per heavy atom. The molecule has 1 heterocycles. The summed E-state index contributed by atoms with van der Waals surface area (Å²) in [5.74, 6) is 0.462. The highest BCUT2D eigenvalue weighted by atomic mass is 35.5. The molecule has 0 bridgehead atoms. The number of hydrogen-bond donors (Lipinski definition) is 1. The van der Waals surface area contributed by atoms with Gasteiger partial charge in [0.25, 0.3) is 5.91 Å². The fourth-order valence-electron chi connectivity index (χ4n) is 2.82. The highest BCUT2D eigenvalue weighted by molar-refractivity contribution is 6.37. The number of amides is 1. The van der Waals surface area contributed by atoms with Crippen LogP contribution in [0.15, 0.2) is 60.7 Å². The zero-order valence-electron chi connectivity index (χ0n) is 15.4. The average Bonchev–Trinajstić information content (AvgIpc) is 3.12. The van der Waals surface area contributed by atoms with Crippen LogP contribution in [0.3, 0.4) is 0 Å². The largest absolute Gasteiger partial charge is 0.494 e. The number of nitrogens with one attached hydrogen (secondary N) is 1. The number of rotatable bonds is 5. The summed E-state index contributed by atoms with van der Waals surface area (Å²) in [5.41, 5.74) is 3.10. The van der Waals surface area contributed by atoms with E-state index in [0.717, 1.165) is 11.4 Å². The van der Waals surface area contributed by atoms with Crippen LogP contribution in [-0.2, 0) is 0 Å². The van der Waals surface area contributed by atoms with Crippen LogP contribution >= 0.6 is 23.2 Å². The first-order chi connectivity index (χ1) is 14.0. The fourth-order valence-corrected chi connectivity index (χ4v) is 3.32. The highest BCUT2D eigenvalue weighted by Gasteiger charge is 2.12. The molecule has 3 aromatic carbocycles. The maximum absolute atomic E-state index is 12.5. The van der Waals surface area contributed by atoms with Gasteiger partial charge in [0.2, 0.25) is 0 Å². The van der Waals surface area contributed by atoms with Crippen molar-refractivity contribution in [3.8, 4) is 11.4 Å². The fraction of sp³-hybridized carbons (Fsp3) is 0.0952. The lowest BCUT2D eigenvalue weighted by molar-refractivity contribution is 0.102. The van der Waals surface area contributed by atoms with Crippen molar-refractivity contribution in [2.45, 2.75) is 6.92 Å². The Bertz CT molecular complexity index is 1190. The molecule has 0 saturated carbocycles. The molecule has 0 aliphatic rings. The van der Waals surface area contributed by atoms with Gasteiger partial charge in [0, 0.05) is 10.7 Å². The topological polar surface area (TPSA) is 69.0 Å². The predicted octanol–water partition coefficient (Wildman–Crippen LogP) is 5.38. The molecule has 6 nitrogen and oxygen atoms in total. The van der Waals surface area contributed by atoms with Gasteiger partial charge in [0.1, 0.15) is 16.8 Å². The van der Waals surface area contributed by atoms with Crippen LogP contribution in [0.25, 0.3) is 16.7 Å². The van der Waals surface area contributed by atoms with Crippen LogP contribution in [0, 0.1) is 0 Å². The normalized spacial score (nSPS) is 10.9. The first kappa shape index (κ1) is 19.2. The standard InChI is InChI=1S/C21H16Cl2N4O2/c1-2-29-16-7-5-15(6-8-16)27-25-19-10-4-14(12-20(19)26-27)24-21(28)17-9-3-13(22)11-18(17)23/h3-12H,2H2,1H3,(H,24,28). The van der Waals surface area contributed by atoms with Gasteiger partial charge in [-0.25, -0.2) is 0 Å². The van der Waals surface area contributed by atoms with Crippen molar-refractivity contribution in [3.63, 3.8) is 0 Å². The molecule has 0 atom stereocenters. The minimum Gasteiger partial charge on any atom is -0.494 e. The van der Waals surface area contributed by atoms with E-state index in [1.54, 1.807) is 35.1 Å². The number of carbonyl (C=O) groups excluding carboxylic acids is 1. The molecule has 4 rings (SSSR count). The number of aromatic nitrogens is 3. The van der Waals surface area contributed by atoms with Crippen molar-refractivity contribution in [1.29, 1.82) is 0 Å². The summed E-state index contributed by atoms with van der Waals surface area (Å²) in [5, 5.41) is 12.6. The summed E-state index contributed by atoms with van der Waals surface area (Å²) < 4.78 is 5.45. The molecule has 0 fully saturated rings. The summed E-state index contributed by atoms with van der Waals surface area (Å²) in [6.45, 7) is 2.55. The molecule has 0 spiro atoms. The molecule has 0 aliphatic carbocycles. The van der Waals surface area contributed by atoms with Crippen LogP contribution in [0.1, 0.15) is 17.3 Å². The SMILES string of the molecule is CCOc1ccc(-n2nc3ccc(NC(=O)c4ccc(Cl)cc4Cl)cc3n2)cc1. The summed E-state index contributed by atoms with van der Waals surface area (Å²) >= 11 is 12.0. The minimum atomic E-state index is -0.329. The number of nitrogens with zero attached hydrogens (tertiary/aromatic N) is 3. The van der Waals surface area contributed by atoms with E-state index in [0.29, 0.717) is 33.9 Å². The maximum Gasteiger partial charge on any atom is 0.257 e. The van der Waals surface area contributed by atoms with E-state index in [9.17, 15) is 4.79 Å². The molecule has 0 aliphatic heterocycles. The molecular weight excluding hydrogens is 411 g/mol. The van der Waals surface area contributed by atoms with Gasteiger partial charge in [-0.3, -0.25) is 4.79 Å². The maximum atomic E-state index is 12.5. The van der Waals surface area contributed by atoms with Gasteiger partial charge in [0.05, 0.1) is 22.9 Å². The lowest BCUT2D eigenvalue weighted by Crippen LogP contribution is -2.12. The predicted molar refractivity (Wildman–Crippen MR) is 114 cm³/mol. The molecule has 1 amide bonds. The average molecular weight is 427 g/mol. The minimum absolute atomic E-state index is 0.289. The Labute approximate surface area is 177 Å². The van der Waals surface area contributed by atoms with Crippen LogP contribution in [-0.4, -0.2) is 27.5 Å². The molecular formula is C21H16Cl2N4O2. The Kier molecular flexibility index (Phi) is 5.38. The molecule has 8 heteroatoms. The summed E-state index contributed by atoms with van der Waals surface area (Å²) in [6, 6.07) is 17.6. The first-order valence-electron chi connectivity index (χ1n) is 8.90. The third-order valence-electron chi connectivity index (χ3n) is 4.19. The van der Waals surface area contributed by atoms with Gasteiger partial charge in [-0.2, -0.15) is 4.80 Å². The molecule has 0 saturated heterocycles. The number of ether oxygens (including phenoxy) is 1. The Hall–Kier alpha value is -3.09. The smallest absolute Gasteiger partial charge is 0.257 e. The van der Waals surface area contributed by atoms with Gasteiger partial charge in [-0.15, -0.1) is 10.2 Å². The number of hydrogen-bond acceptors (Lipinski definition) is 4. The lowest BCUT2D eigenvalue weighted by Gasteiger charge is -2.06. The van der Waals surface area contributed by atoms with Crippen molar-refractivity contribution >= 4 is 45.8 Å². The zero-order valence-corrected chi connectivity index (χ0v) is 16.9. The first-order valence-corrected chi connectivity index (χ1v) is 9.66. The summed E-state index contributed by atoms with van der Waals surface area (Å²) in [6.07, 6.45) is 0. The lowest BCUT2D eigenvalue weighted by atomic mass is 10.2. The van der Waals surface area contributed by atoms with Crippen LogP contribution in [0.2, 0.25) is 10.0 Å². The van der Waals surface area contributed by atoms with Crippen LogP contribution in [0.4, 0.5) is 5.69 Å². The van der Waals surface area contributed by atoms with Gasteiger partial charge >= 0.3 is 0 Å². The second-order valence-corrected chi connectivity index (χ2v) is 7.04. The third kappa shape index (κ3) is 4.18. The molecule has 1 aromatic heterocycles. The van der Waals surface area contributed by atoms with Crippen LogP contribution in [0.5, 0.6) is 5.75 Å². The monoisotopic (exact) mass is 426 g/mol. The molecule has 4 aromatic rings. The molecule has 29 heavy (non-hydrogen) atoms. The van der Waals surface area contributed by atoms with Crippen LogP contribution < -0.4 is 10.1 Å². The van der Waals surface area contributed by atoms with Gasteiger partial charge in [-0.1, -0.05) is 23.2 Å². The number of carbonyl (C=O) groups is 1. The highest BCUT2D eigenvalue weighted by Crippen LogP contribution is 2.23. The Morgan fingerprint density at radius 2 is 1.76 bits per heavy atom. The van der Waals surface area contributed by atoms with Crippen molar-refractivity contribution in [2.24, 2.45) is 0 Å². The van der Waals surface area contributed by atoms with E-state index in [2.05, 4.69) is 15.5 Å². The quantitative estimate of drug-likeness (QED) is 0.465. The number of anilines is 1. The molecule has 0 unspecified atom stereocenters. The van der Waals surface area contributed by atoms with E-state index in [4.69, 9.17) is 27.9 Å². The van der Waals surface area contributed by atoms with E-state index in [1.165, 1.54) is 6.07 Å². The van der Waals surface area contributed by atoms with E-state index in [1.807, 2.05) is 31.2 Å². The molecule has 0 radical (unpaired) electrons. The van der Waals surface area contributed by atoms with E-state index >= 15 is 0 Å². The second-order valence-electron chi connectivity index (χ2n) is 6.20. The van der Waals surface area contributed by atoms with Gasteiger partial charge in [0.15, 0.2) is 0 Å². The van der Waals surface area contributed by atoms with Crippen molar-refractivity contribution in [2.75, 3.05) is 11.9 Å². The number of benzene rings is 3. The summed E-state index contributed by atoms with van der Waals surface area (Å²) in [7, 11) is 0. The van der Waals surface area contributed by atoms with Crippen molar-refractivity contribution < 1.29 is 9.53 Å². The third-order valence-corrected chi connectivity index (χ3v) is 4.74. The number of halogens is 2. The van der Waals surface area contributed by atoms with Crippen molar-refractivity contribution in [3.05, 3.63) is 76.3 Å². The second kappa shape index (κ2) is 8.11. The Morgan fingerprint density at radius 1 is 1.00 bits per heavy atom. The number of fused-ring (bicyclic) bond motifs is 1.